The molecule has 100 valence electrons. The lowest BCUT2D eigenvalue weighted by Gasteiger charge is -2.09. The third kappa shape index (κ3) is 6.07. The second kappa shape index (κ2) is 8.33. The highest BCUT2D eigenvalue weighted by Gasteiger charge is 2.09. The molecule has 1 rings (SSSR count). The van der Waals surface area contributed by atoms with Gasteiger partial charge in [0.2, 0.25) is 5.91 Å². The molecular formula is C14H16N2O2S. The molecule has 5 heteroatoms. The predicted molar refractivity (Wildman–Crippen MR) is 75.9 cm³/mol. The van der Waals surface area contributed by atoms with Crippen LogP contribution < -0.4 is 5.32 Å². The van der Waals surface area contributed by atoms with Crippen molar-refractivity contribution in [3.05, 3.63) is 35.9 Å². The van der Waals surface area contributed by atoms with Gasteiger partial charge in [-0.2, -0.15) is 5.26 Å². The SMILES string of the molecule is CC(CC#N)NC(=O)CSCC(=O)c1ccccc1. The van der Waals surface area contributed by atoms with E-state index in [1.807, 2.05) is 24.3 Å². The molecule has 0 aliphatic carbocycles. The summed E-state index contributed by atoms with van der Waals surface area (Å²) in [6.07, 6.45) is 0.291. The summed E-state index contributed by atoms with van der Waals surface area (Å²) >= 11 is 1.28. The Bertz CT molecular complexity index is 468. The van der Waals surface area contributed by atoms with Crippen LogP contribution in [-0.4, -0.2) is 29.2 Å². The monoisotopic (exact) mass is 276 g/mol. The average Bonchev–Trinajstić information content (AvgIpc) is 2.39. The minimum atomic E-state index is -0.150. The lowest BCUT2D eigenvalue weighted by atomic mass is 10.2. The number of carbonyl (C=O) groups is 2. The first-order chi connectivity index (χ1) is 9.13. The molecule has 4 nitrogen and oxygen atoms in total. The van der Waals surface area contributed by atoms with Crippen molar-refractivity contribution in [2.45, 2.75) is 19.4 Å². The number of carbonyl (C=O) groups excluding carboxylic acids is 2. The second-order valence-electron chi connectivity index (χ2n) is 4.11. The van der Waals surface area contributed by atoms with E-state index in [0.717, 1.165) is 0 Å². The minimum absolute atomic E-state index is 0.0171. The molecule has 0 saturated carbocycles. The van der Waals surface area contributed by atoms with Gasteiger partial charge >= 0.3 is 0 Å². The van der Waals surface area contributed by atoms with Gasteiger partial charge in [-0.05, 0) is 6.92 Å². The van der Waals surface area contributed by atoms with Crippen LogP contribution in [0, 0.1) is 11.3 Å². The summed E-state index contributed by atoms with van der Waals surface area (Å²) < 4.78 is 0. The highest BCUT2D eigenvalue weighted by Crippen LogP contribution is 2.07. The fourth-order valence-corrected chi connectivity index (χ4v) is 2.17. The van der Waals surface area contributed by atoms with Crippen LogP contribution in [0.4, 0.5) is 0 Å². The minimum Gasteiger partial charge on any atom is -0.352 e. The van der Waals surface area contributed by atoms with Crippen LogP contribution >= 0.6 is 11.8 Å². The summed E-state index contributed by atoms with van der Waals surface area (Å²) in [5.41, 5.74) is 0.660. The lowest BCUT2D eigenvalue weighted by molar-refractivity contribution is -0.119. The molecule has 1 amide bonds. The van der Waals surface area contributed by atoms with Gasteiger partial charge in [0.15, 0.2) is 5.78 Å². The molecule has 0 bridgehead atoms. The molecule has 0 aliphatic heterocycles. The third-order valence-electron chi connectivity index (χ3n) is 2.37. The maximum atomic E-state index is 11.8. The van der Waals surface area contributed by atoms with Gasteiger partial charge in [-0.1, -0.05) is 30.3 Å². The second-order valence-corrected chi connectivity index (χ2v) is 5.10. The molecule has 0 aromatic heterocycles. The standard InChI is InChI=1S/C14H16N2O2S/c1-11(7-8-15)16-14(18)10-19-9-13(17)12-5-3-2-4-6-12/h2-6,11H,7,9-10H2,1H3,(H,16,18). The topological polar surface area (TPSA) is 70.0 Å². The van der Waals surface area contributed by atoms with E-state index in [1.165, 1.54) is 11.8 Å². The first-order valence-corrected chi connectivity index (χ1v) is 7.11. The van der Waals surface area contributed by atoms with Crippen LogP contribution in [0.3, 0.4) is 0 Å². The normalized spacial score (nSPS) is 11.4. The molecule has 1 aromatic rings. The molecule has 1 atom stereocenters. The van der Waals surface area contributed by atoms with E-state index in [9.17, 15) is 9.59 Å². The van der Waals surface area contributed by atoms with Gasteiger partial charge in [-0.3, -0.25) is 9.59 Å². The number of ketones is 1. The van der Waals surface area contributed by atoms with Gasteiger partial charge in [0.1, 0.15) is 0 Å². The van der Waals surface area contributed by atoms with Crippen LogP contribution in [0.1, 0.15) is 23.7 Å². The lowest BCUT2D eigenvalue weighted by Crippen LogP contribution is -2.33. The Hall–Kier alpha value is -1.80. The van der Waals surface area contributed by atoms with Crippen molar-refractivity contribution in [3.8, 4) is 6.07 Å². The van der Waals surface area contributed by atoms with Crippen molar-refractivity contribution in [1.29, 1.82) is 5.26 Å². The molecule has 19 heavy (non-hydrogen) atoms. The first kappa shape index (κ1) is 15.3. The van der Waals surface area contributed by atoms with Gasteiger partial charge in [0.05, 0.1) is 24.0 Å². The van der Waals surface area contributed by atoms with Crippen molar-refractivity contribution < 1.29 is 9.59 Å². The first-order valence-electron chi connectivity index (χ1n) is 5.95. The highest BCUT2D eigenvalue weighted by molar-refractivity contribution is 8.00. The van der Waals surface area contributed by atoms with E-state index in [2.05, 4.69) is 5.32 Å². The van der Waals surface area contributed by atoms with Crippen molar-refractivity contribution in [2.24, 2.45) is 0 Å². The smallest absolute Gasteiger partial charge is 0.230 e. The summed E-state index contributed by atoms with van der Waals surface area (Å²) in [7, 11) is 0. The molecule has 0 radical (unpaired) electrons. The Morgan fingerprint density at radius 2 is 2.00 bits per heavy atom. The van der Waals surface area contributed by atoms with E-state index >= 15 is 0 Å². The molecule has 0 saturated heterocycles. The maximum absolute atomic E-state index is 11.8. The number of rotatable bonds is 7. The van der Waals surface area contributed by atoms with E-state index < -0.39 is 0 Å². The highest BCUT2D eigenvalue weighted by atomic mass is 32.2. The summed E-state index contributed by atoms with van der Waals surface area (Å²) in [6, 6.07) is 10.8. The fraction of sp³-hybridized carbons (Fsp3) is 0.357. The van der Waals surface area contributed by atoms with Crippen LogP contribution in [0.5, 0.6) is 0 Å². The van der Waals surface area contributed by atoms with Crippen molar-refractivity contribution in [1.82, 2.24) is 5.32 Å². The van der Waals surface area contributed by atoms with Crippen LogP contribution in [-0.2, 0) is 4.79 Å². The molecule has 0 aliphatic rings. The van der Waals surface area contributed by atoms with Gasteiger partial charge in [-0.25, -0.2) is 0 Å². The predicted octanol–water partition coefficient (Wildman–Crippen LogP) is 2.02. The maximum Gasteiger partial charge on any atom is 0.230 e. The number of Topliss-reactive ketones (excluding diaryl/α,β-unsaturated/α-hetero) is 1. The Balaban J connectivity index is 2.25. The molecule has 1 aromatic carbocycles. The van der Waals surface area contributed by atoms with Crippen molar-refractivity contribution in [2.75, 3.05) is 11.5 Å². The molecule has 0 spiro atoms. The number of hydrogen-bond acceptors (Lipinski definition) is 4. The molecular weight excluding hydrogens is 260 g/mol. The number of hydrogen-bond donors (Lipinski definition) is 1. The van der Waals surface area contributed by atoms with Crippen LogP contribution in [0.15, 0.2) is 30.3 Å². The summed E-state index contributed by atoms with van der Waals surface area (Å²) in [5, 5.41) is 11.2. The number of nitrogens with one attached hydrogen (secondary N) is 1. The third-order valence-corrected chi connectivity index (χ3v) is 3.30. The number of nitrogens with zero attached hydrogens (tertiary/aromatic N) is 1. The van der Waals surface area contributed by atoms with E-state index in [0.29, 0.717) is 12.0 Å². The van der Waals surface area contributed by atoms with Gasteiger partial charge in [0.25, 0.3) is 0 Å². The van der Waals surface area contributed by atoms with E-state index in [1.54, 1.807) is 19.1 Å². The van der Waals surface area contributed by atoms with E-state index in [-0.39, 0.29) is 29.2 Å². The Morgan fingerprint density at radius 3 is 2.63 bits per heavy atom. The van der Waals surface area contributed by atoms with Crippen LogP contribution in [0.2, 0.25) is 0 Å². The summed E-state index contributed by atoms with van der Waals surface area (Å²) in [4.78, 5) is 23.2. The quantitative estimate of drug-likeness (QED) is 0.773. The zero-order valence-electron chi connectivity index (χ0n) is 10.8. The van der Waals surface area contributed by atoms with E-state index in [4.69, 9.17) is 5.26 Å². The Kier molecular flexibility index (Phi) is 6.69. The molecule has 0 fully saturated rings. The van der Waals surface area contributed by atoms with Crippen molar-refractivity contribution >= 4 is 23.5 Å². The number of benzene rings is 1. The Labute approximate surface area is 117 Å². The van der Waals surface area contributed by atoms with Gasteiger partial charge in [-0.15, -0.1) is 11.8 Å². The molecule has 1 N–H and O–H groups in total. The number of amides is 1. The largest absolute Gasteiger partial charge is 0.352 e. The van der Waals surface area contributed by atoms with Crippen molar-refractivity contribution in [3.63, 3.8) is 0 Å². The fourth-order valence-electron chi connectivity index (χ4n) is 1.45. The average molecular weight is 276 g/mol. The number of thioether (sulfide) groups is 1. The summed E-state index contributed by atoms with van der Waals surface area (Å²) in [5.74, 6) is 0.385. The number of nitriles is 1. The van der Waals surface area contributed by atoms with Gasteiger partial charge < -0.3 is 5.32 Å². The summed E-state index contributed by atoms with van der Waals surface area (Å²) in [6.45, 7) is 1.78. The molecule has 1 unspecified atom stereocenters. The van der Waals surface area contributed by atoms with Crippen LogP contribution in [0.25, 0.3) is 0 Å². The van der Waals surface area contributed by atoms with Gasteiger partial charge in [0, 0.05) is 11.6 Å². The zero-order chi connectivity index (χ0) is 14.1. The Morgan fingerprint density at radius 1 is 1.32 bits per heavy atom. The zero-order valence-corrected chi connectivity index (χ0v) is 11.6. The molecule has 0 heterocycles.